The predicted octanol–water partition coefficient (Wildman–Crippen LogP) is 2.14. The summed E-state index contributed by atoms with van der Waals surface area (Å²) >= 11 is 5.95. The average Bonchev–Trinajstić information content (AvgIpc) is 2.29. The monoisotopic (exact) mass is 315 g/mol. The van der Waals surface area contributed by atoms with Crippen LogP contribution in [0, 0.1) is 0 Å². The number of rotatable bonds is 5. The molecule has 0 atom stereocenters. The Kier molecular flexibility index (Phi) is 4.70. The van der Waals surface area contributed by atoms with Gasteiger partial charge in [0.05, 0.1) is 5.75 Å². The highest BCUT2D eigenvalue weighted by Crippen LogP contribution is 2.37. The van der Waals surface area contributed by atoms with Gasteiger partial charge in [-0.1, -0.05) is 23.7 Å². The van der Waals surface area contributed by atoms with Gasteiger partial charge in [0.1, 0.15) is 9.84 Å². The Labute approximate surface area is 124 Å². The van der Waals surface area contributed by atoms with Gasteiger partial charge in [-0.15, -0.1) is 0 Å². The molecule has 0 spiro atoms. The van der Waals surface area contributed by atoms with E-state index in [9.17, 15) is 13.2 Å². The summed E-state index contributed by atoms with van der Waals surface area (Å²) in [5.74, 6) is 0.141. The maximum atomic E-state index is 11.6. The maximum absolute atomic E-state index is 11.6. The predicted molar refractivity (Wildman–Crippen MR) is 79.7 cm³/mol. The molecule has 1 aliphatic rings. The molecule has 4 nitrogen and oxygen atoms in total. The van der Waals surface area contributed by atoms with Crippen LogP contribution in [0.3, 0.4) is 0 Å². The van der Waals surface area contributed by atoms with E-state index in [1.807, 2.05) is 24.3 Å². The molecule has 110 valence electrons. The lowest BCUT2D eigenvalue weighted by Gasteiger charge is -2.36. The minimum Gasteiger partial charge on any atom is -0.353 e. The number of hydrogen-bond donors (Lipinski definition) is 1. The Hall–Kier alpha value is -1.07. The van der Waals surface area contributed by atoms with Crippen LogP contribution in [0.15, 0.2) is 24.3 Å². The molecule has 1 N–H and O–H groups in total. The van der Waals surface area contributed by atoms with Crippen molar-refractivity contribution in [1.29, 1.82) is 0 Å². The van der Waals surface area contributed by atoms with Crippen molar-refractivity contribution in [3.05, 3.63) is 34.9 Å². The van der Waals surface area contributed by atoms with Crippen molar-refractivity contribution in [2.75, 3.05) is 12.0 Å². The summed E-state index contributed by atoms with van der Waals surface area (Å²) < 4.78 is 22.0. The molecule has 1 fully saturated rings. The number of nitrogens with one attached hydrogen (secondary N) is 1. The van der Waals surface area contributed by atoms with Gasteiger partial charge >= 0.3 is 0 Å². The lowest BCUT2D eigenvalue weighted by atomic mass is 9.76. The third-order valence-electron chi connectivity index (χ3n) is 3.52. The number of halogens is 1. The van der Waals surface area contributed by atoms with E-state index < -0.39 is 9.84 Å². The van der Waals surface area contributed by atoms with E-state index in [-0.39, 0.29) is 24.1 Å². The zero-order chi connectivity index (χ0) is 14.8. The molecule has 0 heterocycles. The highest BCUT2D eigenvalue weighted by atomic mass is 35.5. The van der Waals surface area contributed by atoms with Gasteiger partial charge in [-0.05, 0) is 36.5 Å². The summed E-state index contributed by atoms with van der Waals surface area (Å²) in [6, 6.07) is 7.90. The Morgan fingerprint density at radius 3 is 2.70 bits per heavy atom. The first-order chi connectivity index (χ1) is 9.33. The van der Waals surface area contributed by atoms with Crippen molar-refractivity contribution in [2.45, 2.75) is 31.2 Å². The lowest BCUT2D eigenvalue weighted by Crippen LogP contribution is -2.43. The summed E-state index contributed by atoms with van der Waals surface area (Å²) in [6.45, 7) is 0. The first-order valence-electron chi connectivity index (χ1n) is 6.56. The van der Waals surface area contributed by atoms with Crippen LogP contribution in [0.2, 0.25) is 5.02 Å². The van der Waals surface area contributed by atoms with Crippen LogP contribution in [0.4, 0.5) is 0 Å². The number of carbonyl (C=O) groups excluding carboxylic acids is 1. The quantitative estimate of drug-likeness (QED) is 0.905. The Balaban J connectivity index is 1.75. The third kappa shape index (κ3) is 4.49. The van der Waals surface area contributed by atoms with Crippen molar-refractivity contribution >= 4 is 27.3 Å². The van der Waals surface area contributed by atoms with E-state index in [2.05, 4.69) is 5.32 Å². The molecule has 2 rings (SSSR count). The molecular weight excluding hydrogens is 298 g/mol. The van der Waals surface area contributed by atoms with E-state index in [0.717, 1.165) is 24.1 Å². The number of benzene rings is 1. The fourth-order valence-corrected chi connectivity index (χ4v) is 3.10. The molecule has 1 aromatic rings. The van der Waals surface area contributed by atoms with Gasteiger partial charge in [0.15, 0.2) is 0 Å². The normalized spacial score (nSPS) is 22.1. The molecule has 0 unspecified atom stereocenters. The van der Waals surface area contributed by atoms with Crippen molar-refractivity contribution in [3.8, 4) is 0 Å². The molecule has 0 aliphatic heterocycles. The topological polar surface area (TPSA) is 63.2 Å². The number of amides is 1. The van der Waals surface area contributed by atoms with Crippen LogP contribution in [0.25, 0.3) is 0 Å². The first kappa shape index (κ1) is 15.3. The summed E-state index contributed by atoms with van der Waals surface area (Å²) in [5, 5.41) is 3.59. The molecule has 20 heavy (non-hydrogen) atoms. The number of hydrogen-bond acceptors (Lipinski definition) is 3. The maximum Gasteiger partial charge on any atom is 0.221 e. The van der Waals surface area contributed by atoms with Crippen molar-refractivity contribution < 1.29 is 13.2 Å². The molecule has 1 aliphatic carbocycles. The van der Waals surface area contributed by atoms with E-state index in [1.165, 1.54) is 5.56 Å². The summed E-state index contributed by atoms with van der Waals surface area (Å²) in [6.07, 6.45) is 2.94. The minimum absolute atomic E-state index is 0.0389. The van der Waals surface area contributed by atoms with E-state index in [4.69, 9.17) is 11.6 Å². The van der Waals surface area contributed by atoms with Crippen molar-refractivity contribution in [1.82, 2.24) is 5.32 Å². The molecule has 1 amide bonds. The molecule has 0 aromatic heterocycles. The highest BCUT2D eigenvalue weighted by Gasteiger charge is 2.31. The zero-order valence-corrected chi connectivity index (χ0v) is 12.9. The lowest BCUT2D eigenvalue weighted by molar-refractivity contribution is -0.122. The molecule has 0 radical (unpaired) electrons. The van der Waals surface area contributed by atoms with Gasteiger partial charge in [0.2, 0.25) is 5.91 Å². The van der Waals surface area contributed by atoms with Crippen molar-refractivity contribution in [2.24, 2.45) is 0 Å². The smallest absolute Gasteiger partial charge is 0.221 e. The molecule has 0 saturated heterocycles. The highest BCUT2D eigenvalue weighted by molar-refractivity contribution is 7.90. The second-order valence-corrected chi connectivity index (χ2v) is 8.06. The second kappa shape index (κ2) is 6.14. The first-order valence-corrected chi connectivity index (χ1v) is 9.00. The molecule has 6 heteroatoms. The fraction of sp³-hybridized carbons (Fsp3) is 0.500. The van der Waals surface area contributed by atoms with Gasteiger partial charge in [-0.3, -0.25) is 4.79 Å². The Bertz CT molecular complexity index is 594. The van der Waals surface area contributed by atoms with Crippen LogP contribution in [-0.4, -0.2) is 32.4 Å². The molecule has 0 bridgehead atoms. The van der Waals surface area contributed by atoms with E-state index >= 15 is 0 Å². The average molecular weight is 316 g/mol. The molecule has 1 aromatic carbocycles. The fourth-order valence-electron chi connectivity index (χ4n) is 2.35. The van der Waals surface area contributed by atoms with Crippen molar-refractivity contribution in [3.63, 3.8) is 0 Å². The van der Waals surface area contributed by atoms with Gasteiger partial charge in [-0.2, -0.15) is 0 Å². The summed E-state index contributed by atoms with van der Waals surface area (Å²) in [7, 11) is -3.08. The zero-order valence-electron chi connectivity index (χ0n) is 11.3. The molecule has 1 saturated carbocycles. The minimum atomic E-state index is -3.08. The van der Waals surface area contributed by atoms with E-state index in [1.54, 1.807) is 0 Å². The third-order valence-corrected chi connectivity index (χ3v) is 4.70. The van der Waals surface area contributed by atoms with Crippen LogP contribution >= 0.6 is 11.6 Å². The SMILES string of the molecule is CS(=O)(=O)CCC(=O)NC1CC(c2cccc(Cl)c2)C1. The summed E-state index contributed by atoms with van der Waals surface area (Å²) in [4.78, 5) is 11.6. The van der Waals surface area contributed by atoms with Crippen LogP contribution in [-0.2, 0) is 14.6 Å². The number of carbonyl (C=O) groups is 1. The Morgan fingerprint density at radius 1 is 1.40 bits per heavy atom. The van der Waals surface area contributed by atoms with E-state index in [0.29, 0.717) is 5.92 Å². The summed E-state index contributed by atoms with van der Waals surface area (Å²) in [5.41, 5.74) is 1.19. The van der Waals surface area contributed by atoms with Crippen LogP contribution < -0.4 is 5.32 Å². The van der Waals surface area contributed by atoms with Crippen LogP contribution in [0.1, 0.15) is 30.7 Å². The van der Waals surface area contributed by atoms with Crippen LogP contribution in [0.5, 0.6) is 0 Å². The van der Waals surface area contributed by atoms with Gasteiger partial charge < -0.3 is 5.32 Å². The largest absolute Gasteiger partial charge is 0.353 e. The van der Waals surface area contributed by atoms with Gasteiger partial charge in [-0.25, -0.2) is 8.42 Å². The van der Waals surface area contributed by atoms with Gasteiger partial charge in [0, 0.05) is 23.7 Å². The number of sulfone groups is 1. The standard InChI is InChI=1S/C14H18ClNO3S/c1-20(18,19)6-5-14(17)16-13-8-11(9-13)10-3-2-4-12(15)7-10/h2-4,7,11,13H,5-6,8-9H2,1H3,(H,16,17). The Morgan fingerprint density at radius 2 is 2.10 bits per heavy atom. The second-order valence-electron chi connectivity index (χ2n) is 5.37. The molecular formula is C14H18ClNO3S. The van der Waals surface area contributed by atoms with Gasteiger partial charge in [0.25, 0.3) is 0 Å².